The zero-order valence-corrected chi connectivity index (χ0v) is 14.8. The summed E-state index contributed by atoms with van der Waals surface area (Å²) in [6.07, 6.45) is 4.20. The topological polar surface area (TPSA) is 95.5 Å². The number of likely N-dealkylation sites (tertiary alicyclic amines) is 1. The number of methoxy groups -OCH3 is 1. The Morgan fingerprint density at radius 3 is 2.92 bits per heavy atom. The highest BCUT2D eigenvalue weighted by molar-refractivity contribution is 5.89. The highest BCUT2D eigenvalue weighted by Gasteiger charge is 2.32. The van der Waals surface area contributed by atoms with Crippen LogP contribution in [0.2, 0.25) is 0 Å². The van der Waals surface area contributed by atoms with Crippen LogP contribution < -0.4 is 0 Å². The molecule has 2 N–H and O–H groups in total. The zero-order chi connectivity index (χ0) is 18.5. The Labute approximate surface area is 152 Å². The minimum Gasteiger partial charge on any atom is -0.478 e. The number of carboxylic acids is 1. The van der Waals surface area contributed by atoms with E-state index < -0.39 is 5.97 Å². The van der Waals surface area contributed by atoms with E-state index >= 15 is 0 Å². The Hall–Kier alpha value is -2.67. The summed E-state index contributed by atoms with van der Waals surface area (Å²) in [5, 5.41) is 16.0. The molecule has 26 heavy (non-hydrogen) atoms. The number of amides is 1. The molecule has 1 unspecified atom stereocenters. The number of aromatic nitrogens is 2. The maximum absolute atomic E-state index is 12.9. The molecule has 2 aromatic rings. The van der Waals surface area contributed by atoms with E-state index in [1.54, 1.807) is 12.0 Å². The van der Waals surface area contributed by atoms with Gasteiger partial charge >= 0.3 is 5.97 Å². The summed E-state index contributed by atoms with van der Waals surface area (Å²) in [7, 11) is 1.64. The zero-order valence-electron chi connectivity index (χ0n) is 14.8. The van der Waals surface area contributed by atoms with Crippen molar-refractivity contribution >= 4 is 11.9 Å². The first kappa shape index (κ1) is 18.1. The second-order valence-electron chi connectivity index (χ2n) is 6.53. The molecule has 2 heterocycles. The first-order valence-corrected chi connectivity index (χ1v) is 8.73. The molecule has 7 heteroatoms. The van der Waals surface area contributed by atoms with Crippen molar-refractivity contribution < 1.29 is 19.4 Å². The van der Waals surface area contributed by atoms with E-state index in [1.807, 2.05) is 24.3 Å². The Morgan fingerprint density at radius 1 is 1.35 bits per heavy atom. The van der Waals surface area contributed by atoms with Crippen molar-refractivity contribution in [2.24, 2.45) is 0 Å². The summed E-state index contributed by atoms with van der Waals surface area (Å²) in [6.45, 7) is 1.13. The normalized spacial score (nSPS) is 17.3. The van der Waals surface area contributed by atoms with Crippen LogP contribution in [-0.2, 0) is 22.6 Å². The number of piperidine rings is 1. The van der Waals surface area contributed by atoms with Gasteiger partial charge in [-0.2, -0.15) is 5.10 Å². The number of carbonyl (C=O) groups is 2. The van der Waals surface area contributed by atoms with Crippen molar-refractivity contribution in [2.45, 2.75) is 38.3 Å². The van der Waals surface area contributed by atoms with Crippen molar-refractivity contribution in [3.63, 3.8) is 0 Å². The van der Waals surface area contributed by atoms with Crippen LogP contribution in [0.5, 0.6) is 0 Å². The first-order chi connectivity index (χ1) is 12.6. The van der Waals surface area contributed by atoms with Gasteiger partial charge in [-0.15, -0.1) is 0 Å². The van der Waals surface area contributed by atoms with Gasteiger partial charge in [0.05, 0.1) is 31.0 Å². The Balaban J connectivity index is 1.79. The SMILES string of the molecule is COCc1cccc(CC(=O)N2CCCCC2c2[nH]ncc2C(=O)O)c1. The number of carbonyl (C=O) groups excluding carboxylic acids is 1. The summed E-state index contributed by atoms with van der Waals surface area (Å²) >= 11 is 0. The van der Waals surface area contributed by atoms with Gasteiger partial charge in [0.1, 0.15) is 5.56 Å². The maximum Gasteiger partial charge on any atom is 0.339 e. The summed E-state index contributed by atoms with van der Waals surface area (Å²) in [4.78, 5) is 26.1. The highest BCUT2D eigenvalue weighted by Crippen LogP contribution is 2.32. The lowest BCUT2D eigenvalue weighted by Crippen LogP contribution is -2.40. The molecule has 1 aliphatic rings. The first-order valence-electron chi connectivity index (χ1n) is 8.73. The number of rotatable bonds is 6. The summed E-state index contributed by atoms with van der Waals surface area (Å²) in [6, 6.07) is 7.51. The maximum atomic E-state index is 12.9. The number of benzene rings is 1. The van der Waals surface area contributed by atoms with E-state index in [9.17, 15) is 14.7 Å². The average Bonchev–Trinajstić information content (AvgIpc) is 3.12. The molecule has 0 spiro atoms. The number of carboxylic acid groups (broad SMARTS) is 1. The molecule has 138 valence electrons. The van der Waals surface area contributed by atoms with Crippen LogP contribution >= 0.6 is 0 Å². The van der Waals surface area contributed by atoms with E-state index in [2.05, 4.69) is 10.2 Å². The van der Waals surface area contributed by atoms with Gasteiger partial charge in [0, 0.05) is 13.7 Å². The van der Waals surface area contributed by atoms with Crippen LogP contribution in [0.25, 0.3) is 0 Å². The minimum absolute atomic E-state index is 0.00444. The average molecular weight is 357 g/mol. The number of H-pyrrole nitrogens is 1. The monoisotopic (exact) mass is 357 g/mol. The fourth-order valence-corrected chi connectivity index (χ4v) is 3.52. The van der Waals surface area contributed by atoms with Crippen molar-refractivity contribution in [1.82, 2.24) is 15.1 Å². The van der Waals surface area contributed by atoms with Crippen LogP contribution in [0.3, 0.4) is 0 Å². The quantitative estimate of drug-likeness (QED) is 0.828. The van der Waals surface area contributed by atoms with E-state index in [4.69, 9.17) is 4.74 Å². The van der Waals surface area contributed by atoms with Gasteiger partial charge in [-0.3, -0.25) is 9.89 Å². The second-order valence-corrected chi connectivity index (χ2v) is 6.53. The number of ether oxygens (including phenoxy) is 1. The standard InChI is InChI=1S/C19H23N3O4/c1-26-12-14-6-4-5-13(9-14)10-17(23)22-8-3-2-7-16(22)18-15(19(24)25)11-20-21-18/h4-6,9,11,16H,2-3,7-8,10,12H2,1H3,(H,20,21)(H,24,25). The molecule has 0 saturated carbocycles. The molecule has 3 rings (SSSR count). The molecule has 1 fully saturated rings. The number of aromatic carboxylic acids is 1. The summed E-state index contributed by atoms with van der Waals surface area (Å²) < 4.78 is 5.14. The van der Waals surface area contributed by atoms with E-state index in [0.29, 0.717) is 18.8 Å². The molecule has 1 atom stereocenters. The Kier molecular flexibility index (Phi) is 5.68. The fourth-order valence-electron chi connectivity index (χ4n) is 3.52. The molecule has 1 saturated heterocycles. The Bertz CT molecular complexity index is 787. The fraction of sp³-hybridized carbons (Fsp3) is 0.421. The van der Waals surface area contributed by atoms with E-state index in [1.165, 1.54) is 6.20 Å². The molecule has 1 aromatic carbocycles. The Morgan fingerprint density at radius 2 is 2.15 bits per heavy atom. The van der Waals surface area contributed by atoms with Gasteiger partial charge in [0.25, 0.3) is 0 Å². The predicted octanol–water partition coefficient (Wildman–Crippen LogP) is 2.55. The lowest BCUT2D eigenvalue weighted by atomic mass is 9.96. The largest absolute Gasteiger partial charge is 0.478 e. The van der Waals surface area contributed by atoms with Crippen LogP contribution in [0, 0.1) is 0 Å². The van der Waals surface area contributed by atoms with Crippen molar-refractivity contribution in [3.05, 3.63) is 52.8 Å². The summed E-state index contributed by atoms with van der Waals surface area (Å²) in [5.74, 6) is -1.03. The van der Waals surface area contributed by atoms with E-state index in [0.717, 1.165) is 30.4 Å². The van der Waals surface area contributed by atoms with E-state index in [-0.39, 0.29) is 23.9 Å². The molecule has 1 amide bonds. The molecular weight excluding hydrogens is 334 g/mol. The second kappa shape index (κ2) is 8.14. The third kappa shape index (κ3) is 3.94. The number of nitrogens with one attached hydrogen (secondary N) is 1. The predicted molar refractivity (Wildman–Crippen MR) is 94.7 cm³/mol. The molecule has 1 aromatic heterocycles. The van der Waals surface area contributed by atoms with Gasteiger partial charge in [-0.1, -0.05) is 24.3 Å². The molecule has 7 nitrogen and oxygen atoms in total. The van der Waals surface area contributed by atoms with Crippen LogP contribution in [0.4, 0.5) is 0 Å². The number of nitrogens with zero attached hydrogens (tertiary/aromatic N) is 2. The van der Waals surface area contributed by atoms with Crippen molar-refractivity contribution in [3.8, 4) is 0 Å². The minimum atomic E-state index is -1.03. The third-order valence-electron chi connectivity index (χ3n) is 4.71. The molecular formula is C19H23N3O4. The summed E-state index contributed by atoms with van der Waals surface area (Å²) in [5.41, 5.74) is 2.60. The van der Waals surface area contributed by atoms with Gasteiger partial charge in [0.15, 0.2) is 0 Å². The molecule has 0 radical (unpaired) electrons. The highest BCUT2D eigenvalue weighted by atomic mass is 16.5. The number of hydrogen-bond acceptors (Lipinski definition) is 4. The third-order valence-corrected chi connectivity index (χ3v) is 4.71. The van der Waals surface area contributed by atoms with Gasteiger partial charge in [-0.25, -0.2) is 4.79 Å². The van der Waals surface area contributed by atoms with Gasteiger partial charge in [0.2, 0.25) is 5.91 Å². The number of hydrogen-bond donors (Lipinski definition) is 2. The number of aromatic amines is 1. The van der Waals surface area contributed by atoms with Gasteiger partial charge in [-0.05, 0) is 30.4 Å². The lowest BCUT2D eigenvalue weighted by Gasteiger charge is -2.35. The smallest absolute Gasteiger partial charge is 0.339 e. The van der Waals surface area contributed by atoms with Crippen LogP contribution in [-0.4, -0.2) is 45.7 Å². The van der Waals surface area contributed by atoms with Gasteiger partial charge < -0.3 is 14.7 Å². The molecule has 0 bridgehead atoms. The lowest BCUT2D eigenvalue weighted by molar-refractivity contribution is -0.134. The van der Waals surface area contributed by atoms with Crippen LogP contribution in [0.15, 0.2) is 30.5 Å². The van der Waals surface area contributed by atoms with Crippen LogP contribution in [0.1, 0.15) is 52.5 Å². The van der Waals surface area contributed by atoms with Crippen molar-refractivity contribution in [2.75, 3.05) is 13.7 Å². The molecule has 1 aliphatic heterocycles. The molecule has 0 aliphatic carbocycles. The van der Waals surface area contributed by atoms with Crippen molar-refractivity contribution in [1.29, 1.82) is 0 Å².